The number of hydrogen-bond donors (Lipinski definition) is 0. The van der Waals surface area contributed by atoms with Crippen molar-refractivity contribution in [2.75, 3.05) is 91.6 Å². The third-order valence-electron chi connectivity index (χ3n) is 29.2. The number of para-hydroxylation sites is 1. The number of imidazole rings is 1. The Balaban J connectivity index is 0.000000530. The van der Waals surface area contributed by atoms with Gasteiger partial charge in [-0.1, -0.05) is 136 Å². The van der Waals surface area contributed by atoms with Crippen LogP contribution in [0.2, 0.25) is 0 Å². The van der Waals surface area contributed by atoms with E-state index in [0.717, 1.165) is 147 Å². The van der Waals surface area contributed by atoms with Crippen molar-refractivity contribution in [1.82, 2.24) is 108 Å². The lowest BCUT2D eigenvalue weighted by Crippen LogP contribution is -2.59. The Labute approximate surface area is 873 Å². The summed E-state index contributed by atoms with van der Waals surface area (Å²) in [5.41, 5.74) is 16.8. The van der Waals surface area contributed by atoms with Gasteiger partial charge in [-0.05, 0) is 308 Å². The van der Waals surface area contributed by atoms with Crippen molar-refractivity contribution in [3.05, 3.63) is 191 Å². The van der Waals surface area contributed by atoms with Crippen molar-refractivity contribution in [3.63, 3.8) is 0 Å². The summed E-state index contributed by atoms with van der Waals surface area (Å²) in [5.74, 6) is 3.36. The summed E-state index contributed by atoms with van der Waals surface area (Å²) < 4.78 is 8.70. The van der Waals surface area contributed by atoms with Crippen molar-refractivity contribution >= 4 is 11.4 Å². The molecule has 0 aliphatic carbocycles. The molecule has 6 aromatic heterocycles. The van der Waals surface area contributed by atoms with E-state index in [1.165, 1.54) is 160 Å². The average Bonchev–Trinajstić information content (AvgIpc) is 1.66. The highest BCUT2D eigenvalue weighted by Gasteiger charge is 2.38. The molecule has 0 N–H and O–H groups in total. The standard InChI is InChI=1S/C13H19N.C12H18N2.C12H24N2.C12H15N.C11H16N2.C11H22N2.C11H18N2.C10H17N3.2C9H16N4.9CH4/c1-13(2,3)14-9-8-11-6-4-5-7-12(11)10-14;1-12(2,3)14-7-5-10-8-13-6-4-11(10)9-14;1-12(2,3)14-9-8-13-7-5-4-6-11(13)10-14;1-12(2,3)11-8-9-6-4-5-7-10(9)13-11;1-11(2,3)13-7-9-4-5-12-6-10(9)8-13;2*1-11(2,3)13-8-7-12-6-4-5-10(12)9-13;1-10(2,3)13-7-6-12-5-4-11-9(12)8-13;1-9(2,3)13-5-4-12-7-10-11-8(12)6-13;1-9(2,3)12-4-5-13-8(6-12)10-7-11-13;;;;;;;;;/h4-7H,8-10H2,1-3H3;4,6,8H,5,7,9H2,1-3H3;11H,4-10H2,1-3H3;4-7H,8H2,1-3H3;4-6H,7-8H2,1-3H3;10H,4-9H2,1-3H3;4-6H,7-9H2,1-3H3;4-5H,6-8H2,1-3H3;2*7H,4-6H2,1-3H3;9*1H4. The molecule has 20 rings (SSSR count). The lowest BCUT2D eigenvalue weighted by Gasteiger charge is -2.48. The van der Waals surface area contributed by atoms with Gasteiger partial charge in [-0.25, -0.2) is 14.6 Å². The second-order valence-corrected chi connectivity index (χ2v) is 49.1. The van der Waals surface area contributed by atoms with E-state index in [9.17, 15) is 0 Å². The van der Waals surface area contributed by atoms with Crippen LogP contribution in [0.5, 0.6) is 0 Å². The highest BCUT2D eigenvalue weighted by atomic mass is 15.4. The summed E-state index contributed by atoms with van der Waals surface area (Å²) in [6, 6.07) is 27.6. The van der Waals surface area contributed by atoms with Crippen LogP contribution in [0.4, 0.5) is 5.69 Å². The van der Waals surface area contributed by atoms with Crippen LogP contribution in [-0.2, 0) is 97.8 Å². The summed E-state index contributed by atoms with van der Waals surface area (Å²) in [6.45, 7) is 97.8. The first-order valence-electron chi connectivity index (χ1n) is 50.9. The lowest BCUT2D eigenvalue weighted by molar-refractivity contribution is 0.00573. The molecule has 808 valence electrons. The van der Waals surface area contributed by atoms with E-state index in [0.29, 0.717) is 22.2 Å². The number of pyridine rings is 2. The zero-order valence-corrected chi connectivity index (χ0v) is 89.1. The fourth-order valence-electron chi connectivity index (χ4n) is 19.6. The molecule has 23 nitrogen and oxygen atoms in total. The predicted molar refractivity (Wildman–Crippen MR) is 613 cm³/mol. The van der Waals surface area contributed by atoms with Crippen LogP contribution in [-0.4, -0.2) is 267 Å². The van der Waals surface area contributed by atoms with E-state index >= 15 is 0 Å². The Morgan fingerprint density at radius 1 is 0.296 bits per heavy atom. The Hall–Kier alpha value is -7.26. The van der Waals surface area contributed by atoms with E-state index in [1.807, 2.05) is 48.1 Å². The molecule has 142 heavy (non-hydrogen) atoms. The Morgan fingerprint density at radius 3 is 1.22 bits per heavy atom. The van der Waals surface area contributed by atoms with Crippen molar-refractivity contribution in [2.45, 2.75) is 466 Å². The molecule has 2 atom stereocenters. The van der Waals surface area contributed by atoms with Crippen molar-refractivity contribution in [3.8, 4) is 0 Å². The van der Waals surface area contributed by atoms with Gasteiger partial charge < -0.3 is 13.7 Å². The van der Waals surface area contributed by atoms with Gasteiger partial charge in [0.05, 0.1) is 31.9 Å². The number of aromatic nitrogens is 11. The number of benzene rings is 2. The number of aliphatic imine (C=N–C) groups is 1. The Morgan fingerprint density at radius 2 is 0.704 bits per heavy atom. The molecular weight excluding hydrogens is 1750 g/mol. The van der Waals surface area contributed by atoms with E-state index in [2.05, 4.69) is 395 Å². The third kappa shape index (κ3) is 38.1. The molecule has 4 saturated heterocycles. The number of piperazine rings is 2. The third-order valence-corrected chi connectivity index (χ3v) is 29.2. The number of hydrogen-bond acceptors (Lipinski definition) is 19. The van der Waals surface area contributed by atoms with E-state index in [4.69, 9.17) is 0 Å². The number of piperidine rings is 1. The predicted octanol–water partition coefficient (Wildman–Crippen LogP) is 25.3. The quantitative estimate of drug-likeness (QED) is 0.141. The molecule has 12 aliphatic rings. The largest absolute Gasteiger partial charge is 0.349 e. The van der Waals surface area contributed by atoms with Crippen molar-refractivity contribution < 1.29 is 0 Å². The summed E-state index contributed by atoms with van der Waals surface area (Å²) in [4.78, 5) is 49.6. The monoisotopic (exact) mass is 1970 g/mol. The Bertz CT molecular complexity index is 4520. The normalized spacial score (nSPS) is 19.4. The van der Waals surface area contributed by atoms with Gasteiger partial charge in [-0.3, -0.25) is 68.9 Å². The van der Waals surface area contributed by atoms with Gasteiger partial charge >= 0.3 is 0 Å². The van der Waals surface area contributed by atoms with Crippen molar-refractivity contribution in [1.29, 1.82) is 0 Å². The van der Waals surface area contributed by atoms with Gasteiger partial charge in [0.1, 0.15) is 30.1 Å². The van der Waals surface area contributed by atoms with Gasteiger partial charge in [0.15, 0.2) is 0 Å². The minimum atomic E-state index is 0. The molecule has 12 aliphatic heterocycles. The topological polar surface area (TPSA) is 158 Å². The summed E-state index contributed by atoms with van der Waals surface area (Å²) in [6.07, 6.45) is 27.9. The van der Waals surface area contributed by atoms with Crippen molar-refractivity contribution in [2.24, 2.45) is 10.4 Å². The minimum Gasteiger partial charge on any atom is -0.349 e. The minimum absolute atomic E-state index is 0. The summed E-state index contributed by atoms with van der Waals surface area (Å²) in [7, 11) is 0. The van der Waals surface area contributed by atoms with Crippen LogP contribution >= 0.6 is 0 Å². The molecule has 0 spiro atoms. The van der Waals surface area contributed by atoms with Gasteiger partial charge in [-0.15, -0.1) is 10.2 Å². The fraction of sp³-hybridized carbons (Fsp3) is 0.714. The smallest absolute Gasteiger partial charge is 0.147 e. The molecule has 4 fully saturated rings. The van der Waals surface area contributed by atoms with E-state index in [1.54, 1.807) is 6.33 Å². The van der Waals surface area contributed by atoms with Gasteiger partial charge in [0.25, 0.3) is 0 Å². The Kier molecular flexibility index (Phi) is 51.3. The molecule has 0 saturated carbocycles. The van der Waals surface area contributed by atoms with E-state index in [-0.39, 0.29) is 99.9 Å². The molecule has 2 aromatic carbocycles. The van der Waals surface area contributed by atoms with Crippen LogP contribution < -0.4 is 0 Å². The molecule has 0 amide bonds. The SMILES string of the molecule is C.C.C.C.C.C.C.C.C.CC(C)(C)C1=Nc2ccccc2C1.CC(C)(C)N1CCN2CCCC2C1.CC(C)(C)N1CCN2CCCCC2C1.CC(C)(C)N1CCc2ccccc2C1.CC(C)(C)N1CCc2cnccc2C1.CC(C)(C)N1CCn2cccc2C1.CC(C)(C)N1CCn2ccnc2C1.CC(C)(C)N1CCn2cnnc2C1.CC(C)(C)N1CCn2ncnc2C1.CC(C)(C)N1Cc2ccncc2C1. The van der Waals surface area contributed by atoms with Gasteiger partial charge in [0, 0.05) is 259 Å². The maximum atomic E-state index is 4.64. The number of rotatable bonds is 0. The zero-order chi connectivity index (χ0) is 96.9. The van der Waals surface area contributed by atoms with E-state index < -0.39 is 0 Å². The average molecular weight is 1970 g/mol. The summed E-state index contributed by atoms with van der Waals surface area (Å²) in [5, 5.41) is 12.2. The summed E-state index contributed by atoms with van der Waals surface area (Å²) >= 11 is 0. The molecule has 23 heteroatoms. The second kappa shape index (κ2) is 55.7. The highest BCUT2D eigenvalue weighted by molar-refractivity contribution is 5.97. The second-order valence-electron chi connectivity index (χ2n) is 49.1. The fourth-order valence-corrected chi connectivity index (χ4v) is 19.6. The molecular formula is C119H217N23. The lowest BCUT2D eigenvalue weighted by atomic mass is 9.87. The maximum absolute atomic E-state index is 4.64. The number of nitrogens with zero attached hydrogens (tertiary/aromatic N) is 23. The molecule has 0 bridgehead atoms. The molecule has 0 radical (unpaired) electrons. The van der Waals surface area contributed by atoms with Crippen LogP contribution in [0.1, 0.15) is 369 Å². The first kappa shape index (κ1) is 131. The first-order chi connectivity index (χ1) is 62.2. The number of fused-ring (bicyclic) bond motifs is 10. The van der Waals surface area contributed by atoms with Crippen LogP contribution in [0.25, 0.3) is 0 Å². The molecule has 8 aromatic rings. The first-order valence-corrected chi connectivity index (χ1v) is 50.9. The highest BCUT2D eigenvalue weighted by Crippen LogP contribution is 2.36. The van der Waals surface area contributed by atoms with Crippen LogP contribution in [0.15, 0.2) is 134 Å². The van der Waals surface area contributed by atoms with Gasteiger partial charge in [0.2, 0.25) is 0 Å². The molecule has 18 heterocycles. The zero-order valence-electron chi connectivity index (χ0n) is 89.1. The maximum Gasteiger partial charge on any atom is 0.147 e. The molecule has 2 unspecified atom stereocenters. The van der Waals surface area contributed by atoms with Crippen LogP contribution in [0, 0.1) is 5.41 Å². The van der Waals surface area contributed by atoms with Gasteiger partial charge in [-0.2, -0.15) is 5.10 Å². The van der Waals surface area contributed by atoms with Crippen LogP contribution in [0.3, 0.4) is 0 Å².